The summed E-state index contributed by atoms with van der Waals surface area (Å²) < 4.78 is 0. The summed E-state index contributed by atoms with van der Waals surface area (Å²) in [6.45, 7) is 0. The molecule has 1 aromatic rings. The SMILES string of the molecule is BrC1CCCC2N=C([NH2+]N=Cc3ccccc3)SC12. The molecule has 1 saturated carbocycles. The maximum absolute atomic E-state index is 4.77. The second kappa shape index (κ2) is 6.20. The van der Waals surface area contributed by atoms with Crippen molar-refractivity contribution in [2.24, 2.45) is 10.1 Å². The highest BCUT2D eigenvalue weighted by Gasteiger charge is 2.39. The number of fused-ring (bicyclic) bond motifs is 1. The van der Waals surface area contributed by atoms with Gasteiger partial charge in [-0.25, -0.2) is 4.99 Å². The van der Waals surface area contributed by atoms with Gasteiger partial charge in [0.05, 0.1) is 17.5 Å². The van der Waals surface area contributed by atoms with E-state index >= 15 is 0 Å². The fourth-order valence-corrected chi connectivity index (χ4v) is 4.74. The van der Waals surface area contributed by atoms with Crippen molar-refractivity contribution in [1.29, 1.82) is 0 Å². The zero-order valence-corrected chi connectivity index (χ0v) is 13.0. The third-order valence-corrected chi connectivity index (χ3v) is 6.22. The molecule has 0 aromatic heterocycles. The first-order valence-electron chi connectivity index (χ1n) is 6.63. The van der Waals surface area contributed by atoms with Gasteiger partial charge in [-0.05, 0) is 30.2 Å². The number of amidine groups is 1. The van der Waals surface area contributed by atoms with E-state index in [0.717, 1.165) is 10.7 Å². The Morgan fingerprint density at radius 1 is 1.32 bits per heavy atom. The van der Waals surface area contributed by atoms with Crippen molar-refractivity contribution < 1.29 is 5.43 Å². The molecular weight excluding hydrogens is 322 g/mol. The van der Waals surface area contributed by atoms with E-state index in [2.05, 4.69) is 33.2 Å². The second-order valence-corrected chi connectivity index (χ2v) is 7.26. The third kappa shape index (κ3) is 3.27. The number of rotatable bonds is 2. The van der Waals surface area contributed by atoms with Crippen molar-refractivity contribution in [2.45, 2.75) is 35.4 Å². The smallest absolute Gasteiger partial charge is 0.222 e. The molecule has 1 aromatic carbocycles. The molecule has 1 aliphatic heterocycles. The van der Waals surface area contributed by atoms with Gasteiger partial charge in [-0.1, -0.05) is 57.8 Å². The Morgan fingerprint density at radius 3 is 2.95 bits per heavy atom. The Kier molecular flexibility index (Phi) is 4.35. The summed E-state index contributed by atoms with van der Waals surface area (Å²) in [6, 6.07) is 10.6. The van der Waals surface area contributed by atoms with Gasteiger partial charge in [0.15, 0.2) is 0 Å². The van der Waals surface area contributed by atoms with E-state index in [1.165, 1.54) is 19.3 Å². The highest BCUT2D eigenvalue weighted by molar-refractivity contribution is 9.09. The van der Waals surface area contributed by atoms with E-state index in [0.29, 0.717) is 16.1 Å². The Hall–Kier alpha value is -0.650. The molecule has 0 radical (unpaired) electrons. The van der Waals surface area contributed by atoms with Gasteiger partial charge in [-0.15, -0.1) is 0 Å². The van der Waals surface area contributed by atoms with Crippen molar-refractivity contribution in [3.8, 4) is 0 Å². The highest BCUT2D eigenvalue weighted by atomic mass is 79.9. The van der Waals surface area contributed by atoms with E-state index in [1.807, 2.05) is 41.6 Å². The van der Waals surface area contributed by atoms with Crippen molar-refractivity contribution in [2.75, 3.05) is 0 Å². The zero-order chi connectivity index (χ0) is 13.1. The number of alkyl halides is 1. The minimum Gasteiger partial charge on any atom is -0.222 e. The Labute approximate surface area is 126 Å². The van der Waals surface area contributed by atoms with Crippen LogP contribution < -0.4 is 5.43 Å². The van der Waals surface area contributed by atoms with E-state index in [9.17, 15) is 0 Å². The molecular formula is C14H17BrN3S+. The molecule has 1 aliphatic carbocycles. The van der Waals surface area contributed by atoms with Crippen LogP contribution in [0.25, 0.3) is 0 Å². The van der Waals surface area contributed by atoms with Crippen LogP contribution in [0.15, 0.2) is 40.4 Å². The normalized spacial score (nSPS) is 30.4. The van der Waals surface area contributed by atoms with Gasteiger partial charge in [0.25, 0.3) is 5.17 Å². The number of hydrogen-bond donors (Lipinski definition) is 1. The lowest BCUT2D eigenvalue weighted by Gasteiger charge is -2.26. The summed E-state index contributed by atoms with van der Waals surface area (Å²) in [6.07, 6.45) is 5.65. The van der Waals surface area contributed by atoms with E-state index < -0.39 is 0 Å². The molecule has 2 aliphatic rings. The van der Waals surface area contributed by atoms with Crippen LogP contribution in [0, 0.1) is 0 Å². The first-order chi connectivity index (χ1) is 9.33. The number of aliphatic imine (C=N–C) groups is 1. The molecule has 1 fully saturated rings. The molecule has 19 heavy (non-hydrogen) atoms. The molecule has 100 valence electrons. The third-order valence-electron chi connectivity index (χ3n) is 3.47. The van der Waals surface area contributed by atoms with Crippen LogP contribution in [0.2, 0.25) is 0 Å². The Morgan fingerprint density at radius 2 is 2.16 bits per heavy atom. The summed E-state index contributed by atoms with van der Waals surface area (Å²) in [5, 5.41) is 6.07. The molecule has 0 saturated heterocycles. The molecule has 3 atom stereocenters. The van der Waals surface area contributed by atoms with Crippen molar-refractivity contribution in [1.82, 2.24) is 0 Å². The number of benzene rings is 1. The minimum atomic E-state index is 0.487. The highest BCUT2D eigenvalue weighted by Crippen LogP contribution is 2.38. The summed E-state index contributed by atoms with van der Waals surface area (Å²) in [7, 11) is 0. The summed E-state index contributed by atoms with van der Waals surface area (Å²) >= 11 is 5.65. The van der Waals surface area contributed by atoms with Crippen LogP contribution in [-0.4, -0.2) is 27.5 Å². The number of thioether (sulfide) groups is 1. The quantitative estimate of drug-likeness (QED) is 0.382. The average Bonchev–Trinajstić information content (AvgIpc) is 2.84. The van der Waals surface area contributed by atoms with Crippen LogP contribution in [0.3, 0.4) is 0 Å². The lowest BCUT2D eigenvalue weighted by molar-refractivity contribution is -0.539. The zero-order valence-electron chi connectivity index (χ0n) is 10.6. The molecule has 0 amide bonds. The van der Waals surface area contributed by atoms with Crippen molar-refractivity contribution in [3.05, 3.63) is 35.9 Å². The lowest BCUT2D eigenvalue weighted by Crippen LogP contribution is -2.81. The number of quaternary nitrogens is 1. The van der Waals surface area contributed by atoms with Gasteiger partial charge in [-0.3, -0.25) is 0 Å². The lowest BCUT2D eigenvalue weighted by atomic mass is 9.95. The molecule has 0 spiro atoms. The van der Waals surface area contributed by atoms with Crippen molar-refractivity contribution in [3.63, 3.8) is 0 Å². The van der Waals surface area contributed by atoms with Crippen LogP contribution >= 0.6 is 27.7 Å². The average molecular weight is 339 g/mol. The number of nitrogens with zero attached hydrogens (tertiary/aromatic N) is 2. The molecule has 3 nitrogen and oxygen atoms in total. The van der Waals surface area contributed by atoms with E-state index in [1.54, 1.807) is 0 Å². The predicted octanol–water partition coefficient (Wildman–Crippen LogP) is 2.37. The topological polar surface area (TPSA) is 41.3 Å². The van der Waals surface area contributed by atoms with Crippen LogP contribution in [-0.2, 0) is 0 Å². The number of nitrogens with two attached hydrogens (primary N) is 1. The molecule has 3 unspecified atom stereocenters. The summed E-state index contributed by atoms with van der Waals surface area (Å²) in [5.74, 6) is 0. The van der Waals surface area contributed by atoms with Gasteiger partial charge in [0.1, 0.15) is 0 Å². The molecule has 5 heteroatoms. The number of hydrogen-bond acceptors (Lipinski definition) is 3. The molecule has 2 N–H and O–H groups in total. The van der Waals surface area contributed by atoms with Crippen LogP contribution in [0.4, 0.5) is 0 Å². The molecule has 0 bridgehead atoms. The Balaban J connectivity index is 1.58. The standard InChI is InChI=1S/C14H16BrN3S/c15-11-7-4-8-12-13(11)19-14(17-12)18-16-9-10-5-2-1-3-6-10/h1-3,5-6,9,11-13H,4,7-8H2,(H,17,18)/p+1. The fourth-order valence-electron chi connectivity index (χ4n) is 2.51. The van der Waals surface area contributed by atoms with Crippen LogP contribution in [0.1, 0.15) is 24.8 Å². The summed E-state index contributed by atoms with van der Waals surface area (Å²) in [5.41, 5.74) is 3.02. The molecule has 1 heterocycles. The maximum atomic E-state index is 4.77. The Bertz CT molecular complexity index is 489. The first-order valence-corrected chi connectivity index (χ1v) is 8.42. The summed E-state index contributed by atoms with van der Waals surface area (Å²) in [4.78, 5) is 5.37. The second-order valence-electron chi connectivity index (χ2n) is 4.88. The predicted molar refractivity (Wildman–Crippen MR) is 85.1 cm³/mol. The van der Waals surface area contributed by atoms with Crippen molar-refractivity contribution >= 4 is 39.1 Å². The maximum Gasteiger partial charge on any atom is 0.283 e. The monoisotopic (exact) mass is 338 g/mol. The van der Waals surface area contributed by atoms with E-state index in [4.69, 9.17) is 4.99 Å². The van der Waals surface area contributed by atoms with Gasteiger partial charge in [0.2, 0.25) is 0 Å². The van der Waals surface area contributed by atoms with Gasteiger partial charge in [-0.2, -0.15) is 5.43 Å². The van der Waals surface area contributed by atoms with Gasteiger partial charge in [0, 0.05) is 4.83 Å². The molecule has 3 rings (SSSR count). The first kappa shape index (κ1) is 13.3. The van der Waals surface area contributed by atoms with Crippen LogP contribution in [0.5, 0.6) is 0 Å². The largest absolute Gasteiger partial charge is 0.283 e. The van der Waals surface area contributed by atoms with E-state index in [-0.39, 0.29) is 0 Å². The fraction of sp³-hybridized carbons (Fsp3) is 0.429. The number of halogens is 1. The van der Waals surface area contributed by atoms with Gasteiger partial charge >= 0.3 is 0 Å². The van der Waals surface area contributed by atoms with Gasteiger partial charge < -0.3 is 0 Å². The minimum absolute atomic E-state index is 0.487.